The molecule has 1 atom stereocenters. The minimum Gasteiger partial charge on any atom is -0.340 e. The van der Waals surface area contributed by atoms with E-state index in [1.165, 1.54) is 0 Å². The summed E-state index contributed by atoms with van der Waals surface area (Å²) in [6.45, 7) is 1.94. The van der Waals surface area contributed by atoms with Crippen LogP contribution in [-0.4, -0.2) is 15.7 Å². The Kier molecular flexibility index (Phi) is 2.04. The number of hydrogen-bond donors (Lipinski definition) is 1. The number of fused-ring (bicyclic) bond motifs is 1. The van der Waals surface area contributed by atoms with Gasteiger partial charge in [-0.3, -0.25) is 9.48 Å². The zero-order valence-corrected chi connectivity index (χ0v) is 9.77. The molecular formula is C13H13N3O. The van der Waals surface area contributed by atoms with Gasteiger partial charge in [-0.05, 0) is 12.5 Å². The zero-order valence-electron chi connectivity index (χ0n) is 9.77. The summed E-state index contributed by atoms with van der Waals surface area (Å²) < 4.78 is 1.66. The third-order valence-electron chi connectivity index (χ3n) is 3.18. The van der Waals surface area contributed by atoms with E-state index in [4.69, 9.17) is 0 Å². The van der Waals surface area contributed by atoms with Gasteiger partial charge in [-0.25, -0.2) is 0 Å². The van der Waals surface area contributed by atoms with Crippen molar-refractivity contribution in [2.45, 2.75) is 13.0 Å². The van der Waals surface area contributed by atoms with Crippen molar-refractivity contribution in [2.75, 3.05) is 0 Å². The molecule has 0 saturated heterocycles. The number of hydrogen-bond acceptors (Lipinski definition) is 2. The predicted octanol–water partition coefficient (Wildman–Crippen LogP) is 1.56. The fraction of sp³-hybridized carbons (Fsp3) is 0.231. The van der Waals surface area contributed by atoms with Gasteiger partial charge in [0, 0.05) is 12.6 Å². The van der Waals surface area contributed by atoms with E-state index >= 15 is 0 Å². The normalized spacial score (nSPS) is 18.0. The highest BCUT2D eigenvalue weighted by atomic mass is 16.2. The third-order valence-corrected chi connectivity index (χ3v) is 3.18. The summed E-state index contributed by atoms with van der Waals surface area (Å²) in [5, 5.41) is 7.31. The van der Waals surface area contributed by atoms with E-state index in [0.29, 0.717) is 5.69 Å². The van der Waals surface area contributed by atoms with Crippen LogP contribution in [0.3, 0.4) is 0 Å². The predicted molar refractivity (Wildman–Crippen MR) is 63.7 cm³/mol. The van der Waals surface area contributed by atoms with Crippen LogP contribution in [0.25, 0.3) is 0 Å². The molecule has 2 heterocycles. The lowest BCUT2D eigenvalue weighted by Crippen LogP contribution is -2.22. The van der Waals surface area contributed by atoms with Crippen molar-refractivity contribution >= 4 is 5.91 Å². The summed E-state index contributed by atoms with van der Waals surface area (Å²) in [6.07, 6.45) is 0. The van der Waals surface area contributed by atoms with Gasteiger partial charge in [0.15, 0.2) is 0 Å². The first-order chi connectivity index (χ1) is 8.18. The molecule has 1 aromatic heterocycles. The molecule has 0 aliphatic carbocycles. The van der Waals surface area contributed by atoms with Crippen LogP contribution >= 0.6 is 0 Å². The Labute approximate surface area is 99.3 Å². The van der Waals surface area contributed by atoms with Crippen LogP contribution in [0.15, 0.2) is 30.3 Å². The number of nitrogens with one attached hydrogen (secondary N) is 1. The van der Waals surface area contributed by atoms with E-state index in [0.717, 1.165) is 16.8 Å². The van der Waals surface area contributed by atoms with Gasteiger partial charge in [-0.2, -0.15) is 5.10 Å². The van der Waals surface area contributed by atoms with Gasteiger partial charge < -0.3 is 5.32 Å². The number of amides is 1. The second-order valence-corrected chi connectivity index (χ2v) is 4.29. The van der Waals surface area contributed by atoms with Crippen LogP contribution in [0.2, 0.25) is 0 Å². The van der Waals surface area contributed by atoms with Gasteiger partial charge in [-0.15, -0.1) is 0 Å². The van der Waals surface area contributed by atoms with Crippen molar-refractivity contribution in [2.24, 2.45) is 7.05 Å². The lowest BCUT2D eigenvalue weighted by Gasteiger charge is -2.11. The van der Waals surface area contributed by atoms with Gasteiger partial charge in [0.2, 0.25) is 0 Å². The summed E-state index contributed by atoms with van der Waals surface area (Å²) in [6, 6.07) is 9.90. The van der Waals surface area contributed by atoms with E-state index in [2.05, 4.69) is 10.4 Å². The molecule has 4 heteroatoms. The average molecular weight is 227 g/mol. The number of aromatic nitrogens is 2. The number of rotatable bonds is 1. The molecule has 1 aromatic carbocycles. The molecule has 17 heavy (non-hydrogen) atoms. The molecule has 3 rings (SSSR count). The van der Waals surface area contributed by atoms with Gasteiger partial charge in [0.25, 0.3) is 5.91 Å². The summed E-state index contributed by atoms with van der Waals surface area (Å²) in [7, 11) is 1.80. The molecule has 4 nitrogen and oxygen atoms in total. The zero-order chi connectivity index (χ0) is 12.0. The highest BCUT2D eigenvalue weighted by molar-refractivity contribution is 5.98. The summed E-state index contributed by atoms with van der Waals surface area (Å²) in [4.78, 5) is 11.9. The summed E-state index contributed by atoms with van der Waals surface area (Å²) in [5.74, 6) is -0.0445. The van der Waals surface area contributed by atoms with Crippen LogP contribution in [0, 0.1) is 6.92 Å². The first kappa shape index (κ1) is 10.1. The molecule has 0 fully saturated rings. The Balaban J connectivity index is 2.16. The number of benzene rings is 1. The number of carbonyl (C=O) groups excluding carboxylic acids is 1. The lowest BCUT2D eigenvalue weighted by molar-refractivity contribution is 0.0951. The van der Waals surface area contributed by atoms with Gasteiger partial charge in [-0.1, -0.05) is 30.3 Å². The van der Waals surface area contributed by atoms with Crippen molar-refractivity contribution in [3.05, 3.63) is 52.8 Å². The number of carbonyl (C=O) groups is 1. The Bertz CT molecular complexity index is 586. The topological polar surface area (TPSA) is 46.9 Å². The maximum Gasteiger partial charge on any atom is 0.270 e. The van der Waals surface area contributed by atoms with Crippen molar-refractivity contribution < 1.29 is 4.79 Å². The average Bonchev–Trinajstić information content (AvgIpc) is 2.81. The molecule has 0 radical (unpaired) electrons. The SMILES string of the molecule is Cc1nn(C)c2c1C(c1ccccc1)NC2=O. The molecule has 1 aliphatic rings. The van der Waals surface area contributed by atoms with Crippen molar-refractivity contribution in [3.8, 4) is 0 Å². The van der Waals surface area contributed by atoms with Crippen molar-refractivity contribution in [1.82, 2.24) is 15.1 Å². The van der Waals surface area contributed by atoms with E-state index in [-0.39, 0.29) is 11.9 Å². The van der Waals surface area contributed by atoms with Gasteiger partial charge in [0.1, 0.15) is 5.69 Å². The second kappa shape index (κ2) is 3.45. The standard InChI is InChI=1S/C13H13N3O/c1-8-10-11(9-6-4-3-5-7-9)14-13(17)12(10)16(2)15-8/h3-7,11H,1-2H3,(H,14,17). The second-order valence-electron chi connectivity index (χ2n) is 4.29. The van der Waals surface area contributed by atoms with Crippen LogP contribution < -0.4 is 5.32 Å². The maximum atomic E-state index is 11.9. The van der Waals surface area contributed by atoms with Crippen molar-refractivity contribution in [1.29, 1.82) is 0 Å². The summed E-state index contributed by atoms with van der Waals surface area (Å²) in [5.41, 5.74) is 3.69. The van der Waals surface area contributed by atoms with Gasteiger partial charge >= 0.3 is 0 Å². The minimum absolute atomic E-state index is 0.0445. The molecule has 2 aromatic rings. The van der Waals surface area contributed by atoms with Crippen LogP contribution in [0.5, 0.6) is 0 Å². The number of aryl methyl sites for hydroxylation is 2. The smallest absolute Gasteiger partial charge is 0.270 e. The van der Waals surface area contributed by atoms with Crippen LogP contribution in [-0.2, 0) is 7.05 Å². The van der Waals surface area contributed by atoms with E-state index < -0.39 is 0 Å². The van der Waals surface area contributed by atoms with Crippen molar-refractivity contribution in [3.63, 3.8) is 0 Å². The van der Waals surface area contributed by atoms with Crippen LogP contribution in [0.1, 0.15) is 33.4 Å². The largest absolute Gasteiger partial charge is 0.340 e. The molecule has 1 amide bonds. The van der Waals surface area contributed by atoms with E-state index in [1.807, 2.05) is 37.3 Å². The Morgan fingerprint density at radius 3 is 2.71 bits per heavy atom. The maximum absolute atomic E-state index is 11.9. The molecule has 1 aliphatic heterocycles. The molecule has 1 N–H and O–H groups in total. The Hall–Kier alpha value is -2.10. The molecule has 0 spiro atoms. The molecule has 1 unspecified atom stereocenters. The Morgan fingerprint density at radius 2 is 2.00 bits per heavy atom. The van der Waals surface area contributed by atoms with E-state index in [9.17, 15) is 4.79 Å². The van der Waals surface area contributed by atoms with Gasteiger partial charge in [0.05, 0.1) is 11.7 Å². The van der Waals surface area contributed by atoms with E-state index in [1.54, 1.807) is 11.7 Å². The fourth-order valence-electron chi connectivity index (χ4n) is 2.46. The lowest BCUT2D eigenvalue weighted by atomic mass is 10.0. The highest BCUT2D eigenvalue weighted by Crippen LogP contribution is 2.32. The number of nitrogens with zero attached hydrogens (tertiary/aromatic N) is 2. The monoisotopic (exact) mass is 227 g/mol. The Morgan fingerprint density at radius 1 is 1.29 bits per heavy atom. The molecule has 0 bridgehead atoms. The first-order valence-electron chi connectivity index (χ1n) is 5.58. The molecule has 86 valence electrons. The minimum atomic E-state index is -0.0626. The highest BCUT2D eigenvalue weighted by Gasteiger charge is 2.35. The fourth-order valence-corrected chi connectivity index (χ4v) is 2.46. The first-order valence-corrected chi connectivity index (χ1v) is 5.58. The third kappa shape index (κ3) is 1.37. The van der Waals surface area contributed by atoms with Crippen LogP contribution in [0.4, 0.5) is 0 Å². The summed E-state index contributed by atoms with van der Waals surface area (Å²) >= 11 is 0. The molecule has 0 saturated carbocycles. The quantitative estimate of drug-likeness (QED) is 0.803. The molecular weight excluding hydrogens is 214 g/mol.